The first-order chi connectivity index (χ1) is 14.3. The topological polar surface area (TPSA) is 44.8 Å². The van der Waals surface area contributed by atoms with Crippen LogP contribution in [0.4, 0.5) is 13.2 Å². The summed E-state index contributed by atoms with van der Waals surface area (Å²) in [4.78, 5) is 17.1. The van der Waals surface area contributed by atoms with Gasteiger partial charge in [0.15, 0.2) is 0 Å². The molecule has 0 saturated carbocycles. The molecule has 0 bridgehead atoms. The third-order valence-electron chi connectivity index (χ3n) is 5.11. The Morgan fingerprint density at radius 1 is 1.13 bits per heavy atom. The standard InChI is InChI=1S/C22H26F3N3O2/c1-27(13-10-17-6-5-9-19(16-17)30-22(23,24)25)21(29)20(18-7-3-2-4-8-18)28-14-11-26-12-15-28/h2-9,16,20,26H,10-15H2,1H3. The van der Waals surface area contributed by atoms with E-state index in [1.165, 1.54) is 18.2 Å². The number of rotatable bonds is 7. The lowest BCUT2D eigenvalue weighted by Crippen LogP contribution is -2.49. The number of carbonyl (C=O) groups excluding carboxylic acids is 1. The number of carbonyl (C=O) groups is 1. The number of ether oxygens (including phenoxy) is 1. The van der Waals surface area contributed by atoms with Crippen LogP contribution in [0.1, 0.15) is 17.2 Å². The van der Waals surface area contributed by atoms with Crippen molar-refractivity contribution in [2.24, 2.45) is 0 Å². The fourth-order valence-corrected chi connectivity index (χ4v) is 3.60. The van der Waals surface area contributed by atoms with E-state index in [-0.39, 0.29) is 17.7 Å². The van der Waals surface area contributed by atoms with Crippen LogP contribution in [-0.2, 0) is 11.2 Å². The van der Waals surface area contributed by atoms with Crippen LogP contribution in [0.15, 0.2) is 54.6 Å². The number of nitrogens with zero attached hydrogens (tertiary/aromatic N) is 2. The van der Waals surface area contributed by atoms with E-state index < -0.39 is 6.36 Å². The highest BCUT2D eigenvalue weighted by atomic mass is 19.4. The maximum Gasteiger partial charge on any atom is 0.573 e. The van der Waals surface area contributed by atoms with E-state index in [0.29, 0.717) is 18.5 Å². The predicted molar refractivity (Wildman–Crippen MR) is 108 cm³/mol. The van der Waals surface area contributed by atoms with Crippen molar-refractivity contribution in [2.45, 2.75) is 18.8 Å². The summed E-state index contributed by atoms with van der Waals surface area (Å²) in [7, 11) is 1.73. The minimum atomic E-state index is -4.72. The second kappa shape index (κ2) is 9.95. The summed E-state index contributed by atoms with van der Waals surface area (Å²) in [6.45, 7) is 3.59. The number of alkyl halides is 3. The first kappa shape index (κ1) is 22.1. The number of amides is 1. The second-order valence-electron chi connectivity index (χ2n) is 7.30. The van der Waals surface area contributed by atoms with E-state index in [1.807, 2.05) is 30.3 Å². The third kappa shape index (κ3) is 6.21. The Bertz CT molecular complexity index is 824. The normalized spacial score (nSPS) is 16.1. The number of hydrogen-bond donors (Lipinski definition) is 1. The molecule has 1 saturated heterocycles. The fourth-order valence-electron chi connectivity index (χ4n) is 3.60. The molecule has 2 aromatic carbocycles. The Labute approximate surface area is 174 Å². The molecule has 2 aromatic rings. The van der Waals surface area contributed by atoms with E-state index >= 15 is 0 Å². The zero-order chi connectivity index (χ0) is 21.6. The van der Waals surface area contributed by atoms with Crippen LogP contribution in [0, 0.1) is 0 Å². The molecule has 1 N–H and O–H groups in total. The molecule has 1 aliphatic heterocycles. The molecule has 1 unspecified atom stereocenters. The van der Waals surface area contributed by atoms with Crippen molar-refractivity contribution < 1.29 is 22.7 Å². The van der Waals surface area contributed by atoms with Crippen LogP contribution in [-0.4, -0.2) is 61.8 Å². The second-order valence-corrected chi connectivity index (χ2v) is 7.30. The van der Waals surface area contributed by atoms with Crippen LogP contribution in [0.2, 0.25) is 0 Å². The number of nitrogens with one attached hydrogen (secondary N) is 1. The van der Waals surface area contributed by atoms with Crippen molar-refractivity contribution in [2.75, 3.05) is 39.8 Å². The summed E-state index contributed by atoms with van der Waals surface area (Å²) < 4.78 is 41.3. The zero-order valence-electron chi connectivity index (χ0n) is 16.9. The van der Waals surface area contributed by atoms with Gasteiger partial charge in [-0.2, -0.15) is 0 Å². The van der Waals surface area contributed by atoms with Gasteiger partial charge in [0, 0.05) is 39.8 Å². The van der Waals surface area contributed by atoms with E-state index in [9.17, 15) is 18.0 Å². The quantitative estimate of drug-likeness (QED) is 0.746. The van der Waals surface area contributed by atoms with Gasteiger partial charge in [-0.25, -0.2) is 0 Å². The van der Waals surface area contributed by atoms with Crippen LogP contribution in [0.25, 0.3) is 0 Å². The van der Waals surface area contributed by atoms with Gasteiger partial charge in [-0.1, -0.05) is 42.5 Å². The van der Waals surface area contributed by atoms with Crippen molar-refractivity contribution in [3.8, 4) is 5.75 Å². The predicted octanol–water partition coefficient (Wildman–Crippen LogP) is 3.23. The lowest BCUT2D eigenvalue weighted by atomic mass is 10.0. The van der Waals surface area contributed by atoms with Gasteiger partial charge in [0.05, 0.1) is 0 Å². The van der Waals surface area contributed by atoms with Crippen molar-refractivity contribution in [3.05, 3.63) is 65.7 Å². The molecule has 0 aliphatic carbocycles. The molecule has 1 fully saturated rings. The number of hydrogen-bond acceptors (Lipinski definition) is 4. The Balaban J connectivity index is 1.67. The maximum absolute atomic E-state index is 13.3. The highest BCUT2D eigenvalue weighted by Gasteiger charge is 2.32. The minimum Gasteiger partial charge on any atom is -0.406 e. The molecule has 0 aromatic heterocycles. The molecule has 8 heteroatoms. The van der Waals surface area contributed by atoms with Gasteiger partial charge in [-0.3, -0.25) is 9.69 Å². The SMILES string of the molecule is CN(CCc1cccc(OC(F)(F)F)c1)C(=O)C(c1ccccc1)N1CCNCC1. The Morgan fingerprint density at radius 2 is 1.83 bits per heavy atom. The summed E-state index contributed by atoms with van der Waals surface area (Å²) >= 11 is 0. The van der Waals surface area contributed by atoms with Crippen LogP contribution >= 0.6 is 0 Å². The fraction of sp³-hybridized carbons (Fsp3) is 0.409. The van der Waals surface area contributed by atoms with Gasteiger partial charge >= 0.3 is 6.36 Å². The minimum absolute atomic E-state index is 0.0224. The molecule has 3 rings (SSSR count). The molecule has 0 spiro atoms. The number of piperazine rings is 1. The van der Waals surface area contributed by atoms with Gasteiger partial charge in [0.2, 0.25) is 5.91 Å². The third-order valence-corrected chi connectivity index (χ3v) is 5.11. The number of likely N-dealkylation sites (N-methyl/N-ethyl adjacent to an activating group) is 1. The monoisotopic (exact) mass is 421 g/mol. The van der Waals surface area contributed by atoms with Gasteiger partial charge < -0.3 is 15.0 Å². The summed E-state index contributed by atoms with van der Waals surface area (Å²) in [6.07, 6.45) is -4.29. The van der Waals surface area contributed by atoms with Gasteiger partial charge in [-0.15, -0.1) is 13.2 Å². The number of benzene rings is 2. The lowest BCUT2D eigenvalue weighted by Gasteiger charge is -2.36. The average molecular weight is 421 g/mol. The first-order valence-electron chi connectivity index (χ1n) is 9.93. The highest BCUT2D eigenvalue weighted by Crippen LogP contribution is 2.25. The Hall–Kier alpha value is -2.58. The molecular formula is C22H26F3N3O2. The van der Waals surface area contributed by atoms with Crippen molar-refractivity contribution in [3.63, 3.8) is 0 Å². The molecule has 5 nitrogen and oxygen atoms in total. The van der Waals surface area contributed by atoms with E-state index in [0.717, 1.165) is 31.7 Å². The van der Waals surface area contributed by atoms with Gasteiger partial charge in [0.25, 0.3) is 0 Å². The summed E-state index contributed by atoms with van der Waals surface area (Å²) in [5, 5.41) is 3.30. The molecule has 1 atom stereocenters. The van der Waals surface area contributed by atoms with E-state index in [4.69, 9.17) is 0 Å². The summed E-state index contributed by atoms with van der Waals surface area (Å²) in [5.41, 5.74) is 1.62. The Kier molecular flexibility index (Phi) is 7.33. The highest BCUT2D eigenvalue weighted by molar-refractivity contribution is 5.83. The summed E-state index contributed by atoms with van der Waals surface area (Å²) in [6, 6.07) is 15.2. The van der Waals surface area contributed by atoms with Crippen molar-refractivity contribution in [1.29, 1.82) is 0 Å². The van der Waals surface area contributed by atoms with Crippen molar-refractivity contribution >= 4 is 5.91 Å². The van der Waals surface area contributed by atoms with Crippen LogP contribution in [0.5, 0.6) is 5.75 Å². The molecule has 1 heterocycles. The molecule has 30 heavy (non-hydrogen) atoms. The maximum atomic E-state index is 13.3. The van der Waals surface area contributed by atoms with Gasteiger partial charge in [-0.05, 0) is 29.7 Å². The molecule has 162 valence electrons. The van der Waals surface area contributed by atoms with E-state index in [1.54, 1.807) is 18.0 Å². The molecule has 0 radical (unpaired) electrons. The number of halogens is 3. The smallest absolute Gasteiger partial charge is 0.406 e. The van der Waals surface area contributed by atoms with Crippen LogP contribution < -0.4 is 10.1 Å². The zero-order valence-corrected chi connectivity index (χ0v) is 16.9. The largest absolute Gasteiger partial charge is 0.573 e. The lowest BCUT2D eigenvalue weighted by molar-refractivity contribution is -0.274. The molecular weight excluding hydrogens is 395 g/mol. The Morgan fingerprint density at radius 3 is 2.50 bits per heavy atom. The average Bonchev–Trinajstić information content (AvgIpc) is 2.73. The van der Waals surface area contributed by atoms with Crippen LogP contribution in [0.3, 0.4) is 0 Å². The van der Waals surface area contributed by atoms with Gasteiger partial charge in [0.1, 0.15) is 11.8 Å². The molecule has 1 aliphatic rings. The molecule has 1 amide bonds. The first-order valence-corrected chi connectivity index (χ1v) is 9.93. The summed E-state index contributed by atoms with van der Waals surface area (Å²) in [5.74, 6) is -0.275. The van der Waals surface area contributed by atoms with E-state index in [2.05, 4.69) is 15.0 Å². The van der Waals surface area contributed by atoms with Crippen molar-refractivity contribution in [1.82, 2.24) is 15.1 Å².